The lowest BCUT2D eigenvalue weighted by Crippen LogP contribution is -2.40. The molecule has 2 heteroatoms. The molecule has 0 saturated carbocycles. The van der Waals surface area contributed by atoms with Gasteiger partial charge in [-0.1, -0.05) is 33.4 Å². The van der Waals surface area contributed by atoms with Gasteiger partial charge in [0.15, 0.2) is 0 Å². The normalized spacial score (nSPS) is 18.9. The lowest BCUT2D eigenvalue weighted by Gasteiger charge is -2.33. The topological polar surface area (TPSA) is 27.1 Å². The molecule has 0 aromatic rings. The summed E-state index contributed by atoms with van der Waals surface area (Å²) < 4.78 is 0. The van der Waals surface area contributed by atoms with Crippen molar-refractivity contribution in [3.63, 3.8) is 0 Å². The summed E-state index contributed by atoms with van der Waals surface area (Å²) >= 11 is 0. The monoisotopic (exact) mass is 260 g/mol. The fourth-order valence-electron chi connectivity index (χ4n) is 2.46. The van der Waals surface area contributed by atoms with Crippen molar-refractivity contribution in [1.29, 1.82) is 5.41 Å². The van der Waals surface area contributed by atoms with Crippen molar-refractivity contribution in [2.75, 3.05) is 13.1 Å². The lowest BCUT2D eigenvalue weighted by molar-refractivity contribution is 0.179. The molecule has 1 rings (SSSR count). The minimum absolute atomic E-state index is 0.0506. The summed E-state index contributed by atoms with van der Waals surface area (Å²) in [5.74, 6) is 0. The Morgan fingerprint density at radius 3 is 2.11 bits per heavy atom. The average molecular weight is 260 g/mol. The zero-order chi connectivity index (χ0) is 14.8. The maximum absolute atomic E-state index is 7.41. The molecule has 106 valence electrons. The van der Waals surface area contributed by atoms with Gasteiger partial charge >= 0.3 is 0 Å². The Kier molecular flexibility index (Phi) is 4.57. The molecule has 1 aliphatic rings. The van der Waals surface area contributed by atoms with E-state index in [1.807, 2.05) is 12.2 Å². The van der Waals surface area contributed by atoms with Crippen LogP contribution in [0.1, 0.15) is 41.5 Å². The zero-order valence-electron chi connectivity index (χ0n) is 13.3. The van der Waals surface area contributed by atoms with Crippen molar-refractivity contribution in [1.82, 2.24) is 4.90 Å². The van der Waals surface area contributed by atoms with E-state index in [9.17, 15) is 0 Å². The minimum Gasteiger partial charge on any atom is -0.309 e. The highest BCUT2D eigenvalue weighted by molar-refractivity contribution is 5.72. The second kappa shape index (κ2) is 5.46. The van der Waals surface area contributed by atoms with Gasteiger partial charge in [0, 0.05) is 24.8 Å². The summed E-state index contributed by atoms with van der Waals surface area (Å²) in [5, 5.41) is 7.41. The SMILES string of the molecule is C=CC1=C(/C(=C\C=N)C(C)(C)C)CN(C(C)(C)C)C1. The molecule has 2 nitrogen and oxygen atoms in total. The van der Waals surface area contributed by atoms with Gasteiger partial charge in [0.05, 0.1) is 0 Å². The van der Waals surface area contributed by atoms with Crippen LogP contribution in [0.2, 0.25) is 0 Å². The van der Waals surface area contributed by atoms with Crippen LogP contribution >= 0.6 is 0 Å². The molecule has 1 aliphatic heterocycles. The third-order valence-electron chi connectivity index (χ3n) is 3.68. The third kappa shape index (κ3) is 3.66. The molecule has 0 atom stereocenters. The van der Waals surface area contributed by atoms with Gasteiger partial charge in [-0.15, -0.1) is 0 Å². The summed E-state index contributed by atoms with van der Waals surface area (Å²) in [4.78, 5) is 2.46. The number of allylic oxidation sites excluding steroid dienone is 1. The van der Waals surface area contributed by atoms with Crippen LogP contribution in [-0.4, -0.2) is 29.7 Å². The predicted octanol–water partition coefficient (Wildman–Crippen LogP) is 4.21. The van der Waals surface area contributed by atoms with Crippen molar-refractivity contribution in [3.8, 4) is 0 Å². The zero-order valence-corrected chi connectivity index (χ0v) is 13.3. The summed E-state index contributed by atoms with van der Waals surface area (Å²) in [6, 6.07) is 0. The summed E-state index contributed by atoms with van der Waals surface area (Å²) in [6.45, 7) is 19.2. The van der Waals surface area contributed by atoms with Gasteiger partial charge in [0.1, 0.15) is 0 Å². The molecule has 0 saturated heterocycles. The number of rotatable bonds is 3. The second-order valence-corrected chi connectivity index (χ2v) is 7.23. The van der Waals surface area contributed by atoms with E-state index in [4.69, 9.17) is 5.41 Å². The van der Waals surface area contributed by atoms with Gasteiger partial charge in [-0.25, -0.2) is 0 Å². The number of nitrogens with one attached hydrogen (secondary N) is 1. The first kappa shape index (κ1) is 15.9. The quantitative estimate of drug-likeness (QED) is 0.756. The minimum atomic E-state index is 0.0506. The molecule has 0 bridgehead atoms. The van der Waals surface area contributed by atoms with E-state index in [2.05, 4.69) is 53.0 Å². The summed E-state index contributed by atoms with van der Waals surface area (Å²) in [7, 11) is 0. The van der Waals surface area contributed by atoms with Gasteiger partial charge in [-0.05, 0) is 49.0 Å². The molecule has 0 fully saturated rings. The molecule has 0 spiro atoms. The van der Waals surface area contributed by atoms with E-state index in [1.165, 1.54) is 22.9 Å². The van der Waals surface area contributed by atoms with Crippen LogP contribution in [0.4, 0.5) is 0 Å². The summed E-state index contributed by atoms with van der Waals surface area (Å²) in [5.41, 5.74) is 4.11. The van der Waals surface area contributed by atoms with Crippen molar-refractivity contribution < 1.29 is 0 Å². The first-order chi connectivity index (χ1) is 8.61. The Morgan fingerprint density at radius 1 is 1.16 bits per heavy atom. The molecule has 0 aromatic carbocycles. The highest BCUT2D eigenvalue weighted by Crippen LogP contribution is 2.37. The molecule has 1 N–H and O–H groups in total. The first-order valence-electron chi connectivity index (χ1n) is 6.92. The smallest absolute Gasteiger partial charge is 0.0248 e. The molecule has 1 heterocycles. The molecule has 0 aromatic heterocycles. The Bertz CT molecular complexity index is 425. The average Bonchev–Trinajstić information content (AvgIpc) is 2.67. The molecule has 19 heavy (non-hydrogen) atoms. The van der Waals surface area contributed by atoms with Crippen LogP contribution in [0.15, 0.2) is 35.5 Å². The van der Waals surface area contributed by atoms with E-state index in [0.29, 0.717) is 0 Å². The van der Waals surface area contributed by atoms with E-state index < -0.39 is 0 Å². The standard InChI is InChI=1S/C17H28N2/c1-8-13-11-19(17(5,6)7)12-14(13)15(9-10-18)16(2,3)4/h8-10,18H,1,11-12H2,2-7H3/b15-9+,18-10?. The molecular formula is C17H28N2. The molecule has 0 aliphatic carbocycles. The predicted molar refractivity (Wildman–Crippen MR) is 84.9 cm³/mol. The van der Waals surface area contributed by atoms with Gasteiger partial charge in [-0.2, -0.15) is 0 Å². The Balaban J connectivity index is 3.19. The van der Waals surface area contributed by atoms with Crippen LogP contribution in [0.3, 0.4) is 0 Å². The van der Waals surface area contributed by atoms with E-state index >= 15 is 0 Å². The third-order valence-corrected chi connectivity index (χ3v) is 3.68. The fourth-order valence-corrected chi connectivity index (χ4v) is 2.46. The van der Waals surface area contributed by atoms with Gasteiger partial charge in [0.2, 0.25) is 0 Å². The van der Waals surface area contributed by atoms with Crippen LogP contribution < -0.4 is 0 Å². The van der Waals surface area contributed by atoms with E-state index in [-0.39, 0.29) is 11.0 Å². The first-order valence-corrected chi connectivity index (χ1v) is 6.92. The Labute approximate surface area is 118 Å². The molecule has 0 amide bonds. The lowest BCUT2D eigenvalue weighted by atomic mass is 9.80. The summed E-state index contributed by atoms with van der Waals surface area (Å²) in [6.07, 6.45) is 5.31. The second-order valence-electron chi connectivity index (χ2n) is 7.23. The van der Waals surface area contributed by atoms with Gasteiger partial charge < -0.3 is 5.41 Å². The van der Waals surface area contributed by atoms with Crippen LogP contribution in [0, 0.1) is 10.8 Å². The van der Waals surface area contributed by atoms with Crippen LogP contribution in [0.5, 0.6) is 0 Å². The molecular weight excluding hydrogens is 232 g/mol. The fraction of sp³-hybridized carbons (Fsp3) is 0.588. The maximum Gasteiger partial charge on any atom is 0.0248 e. The van der Waals surface area contributed by atoms with Crippen LogP contribution in [-0.2, 0) is 0 Å². The van der Waals surface area contributed by atoms with Crippen LogP contribution in [0.25, 0.3) is 0 Å². The Morgan fingerprint density at radius 2 is 1.74 bits per heavy atom. The molecule has 0 radical (unpaired) electrons. The van der Waals surface area contributed by atoms with E-state index in [0.717, 1.165) is 13.1 Å². The van der Waals surface area contributed by atoms with E-state index in [1.54, 1.807) is 0 Å². The van der Waals surface area contributed by atoms with Gasteiger partial charge in [-0.3, -0.25) is 4.90 Å². The Hall–Kier alpha value is -1.15. The largest absolute Gasteiger partial charge is 0.309 e. The number of nitrogens with zero attached hydrogens (tertiary/aromatic N) is 1. The van der Waals surface area contributed by atoms with Crippen molar-refractivity contribution in [2.24, 2.45) is 5.41 Å². The maximum atomic E-state index is 7.41. The van der Waals surface area contributed by atoms with Crippen molar-refractivity contribution in [3.05, 3.63) is 35.5 Å². The van der Waals surface area contributed by atoms with Crippen molar-refractivity contribution in [2.45, 2.75) is 47.1 Å². The van der Waals surface area contributed by atoms with Gasteiger partial charge in [0.25, 0.3) is 0 Å². The number of hydrogen-bond donors (Lipinski definition) is 1. The molecule has 0 unspecified atom stereocenters. The number of hydrogen-bond acceptors (Lipinski definition) is 2. The highest BCUT2D eigenvalue weighted by atomic mass is 15.2. The van der Waals surface area contributed by atoms with Crippen molar-refractivity contribution >= 4 is 6.21 Å². The highest BCUT2D eigenvalue weighted by Gasteiger charge is 2.32.